The molecule has 0 radical (unpaired) electrons. The van der Waals surface area contributed by atoms with Gasteiger partial charge in [-0.3, -0.25) is 0 Å². The number of hydrogen-bond acceptors (Lipinski definition) is 10. The molecule has 4 heterocycles. The molecule has 6 atom stereocenters. The molecule has 0 spiro atoms. The van der Waals surface area contributed by atoms with Crippen molar-refractivity contribution in [1.82, 2.24) is 9.97 Å². The third kappa shape index (κ3) is 4.71. The van der Waals surface area contributed by atoms with E-state index in [4.69, 9.17) is 30.4 Å². The van der Waals surface area contributed by atoms with Crippen LogP contribution in [-0.4, -0.2) is 46.0 Å². The smallest absolute Gasteiger partial charge is 0.163 e. The van der Waals surface area contributed by atoms with Gasteiger partial charge < -0.3 is 30.4 Å². The number of aryl methyl sites for hydroxylation is 2. The van der Waals surface area contributed by atoms with Gasteiger partial charge in [-0.2, -0.15) is 0 Å². The van der Waals surface area contributed by atoms with Gasteiger partial charge in [0, 0.05) is 47.8 Å². The zero-order chi connectivity index (χ0) is 24.5. The monoisotopic (exact) mass is 508 g/mol. The van der Waals surface area contributed by atoms with E-state index in [0.717, 1.165) is 35.7 Å². The SMILES string of the molecule is Cc1cnc(C2(N)C[C@@H]3OC(C)(C)O[C@@H]3C2)s1.Cc1cnc(C2(N)C[C@@H]3OC(C)(C)O[C@@H]3C2)s1. The van der Waals surface area contributed by atoms with Gasteiger partial charge in [0.05, 0.1) is 35.5 Å². The number of thiazole rings is 2. The third-order valence-corrected chi connectivity index (χ3v) is 9.19. The first-order chi connectivity index (χ1) is 15.8. The molecule has 2 aromatic heterocycles. The van der Waals surface area contributed by atoms with Crippen LogP contribution in [-0.2, 0) is 30.0 Å². The Bertz CT molecular complexity index is 937. The van der Waals surface area contributed by atoms with Crippen LogP contribution < -0.4 is 11.5 Å². The second-order valence-corrected chi connectivity index (χ2v) is 13.6. The van der Waals surface area contributed by atoms with Crippen LogP contribution >= 0.6 is 22.7 Å². The fourth-order valence-electron chi connectivity index (χ4n) is 5.63. The van der Waals surface area contributed by atoms with Crippen molar-refractivity contribution in [3.05, 3.63) is 32.2 Å². The molecule has 0 amide bonds. The molecule has 2 aromatic rings. The van der Waals surface area contributed by atoms with E-state index >= 15 is 0 Å². The van der Waals surface area contributed by atoms with Crippen LogP contribution in [0.3, 0.4) is 0 Å². The lowest BCUT2D eigenvalue weighted by Crippen LogP contribution is -2.36. The molecule has 0 bridgehead atoms. The Morgan fingerprint density at radius 1 is 0.676 bits per heavy atom. The summed E-state index contributed by atoms with van der Waals surface area (Å²) in [5, 5.41) is 2.02. The number of nitrogens with zero attached hydrogens (tertiary/aromatic N) is 2. The zero-order valence-corrected chi connectivity index (χ0v) is 22.4. The zero-order valence-electron chi connectivity index (χ0n) is 20.8. The largest absolute Gasteiger partial charge is 0.344 e. The average molecular weight is 509 g/mol. The Morgan fingerprint density at radius 3 is 1.21 bits per heavy atom. The molecule has 4 aliphatic rings. The molecule has 2 saturated carbocycles. The van der Waals surface area contributed by atoms with Crippen molar-refractivity contribution in [3.63, 3.8) is 0 Å². The lowest BCUT2D eigenvalue weighted by atomic mass is 10.00. The van der Waals surface area contributed by atoms with E-state index in [9.17, 15) is 0 Å². The van der Waals surface area contributed by atoms with Gasteiger partial charge in [-0.05, 0) is 41.5 Å². The van der Waals surface area contributed by atoms with E-state index in [2.05, 4.69) is 23.8 Å². The summed E-state index contributed by atoms with van der Waals surface area (Å²) >= 11 is 3.35. The van der Waals surface area contributed by atoms with Crippen LogP contribution in [0.15, 0.2) is 12.4 Å². The number of nitrogens with two attached hydrogens (primary N) is 2. The molecule has 10 heteroatoms. The lowest BCUT2D eigenvalue weighted by molar-refractivity contribution is -0.155. The number of aromatic nitrogens is 2. The summed E-state index contributed by atoms with van der Waals surface area (Å²) in [6.07, 6.45) is 7.41. The van der Waals surface area contributed by atoms with Crippen molar-refractivity contribution < 1.29 is 18.9 Å². The molecule has 2 aliphatic heterocycles. The normalized spacial score (nSPS) is 39.5. The standard InChI is InChI=1S/2C12H18N2O2S/c2*1-7-6-14-10(17-7)12(13)4-8-9(5-12)16-11(2,3)15-8/h2*6,8-9H,4-5,13H2,1-3H3/t2*8-,9+,12?. The van der Waals surface area contributed by atoms with Crippen molar-refractivity contribution >= 4 is 22.7 Å². The Balaban J connectivity index is 0.000000142. The number of ether oxygens (including phenoxy) is 4. The van der Waals surface area contributed by atoms with Gasteiger partial charge in [-0.1, -0.05) is 0 Å². The Kier molecular flexibility index (Phi) is 6.01. The highest BCUT2D eigenvalue weighted by Gasteiger charge is 2.55. The molecule has 4 N–H and O–H groups in total. The van der Waals surface area contributed by atoms with E-state index in [-0.39, 0.29) is 35.5 Å². The molecule has 2 aliphatic carbocycles. The van der Waals surface area contributed by atoms with Crippen LogP contribution in [0, 0.1) is 13.8 Å². The summed E-state index contributed by atoms with van der Waals surface area (Å²) in [6.45, 7) is 11.9. The Morgan fingerprint density at radius 2 is 0.971 bits per heavy atom. The summed E-state index contributed by atoms with van der Waals surface area (Å²) in [5.41, 5.74) is 12.2. The van der Waals surface area contributed by atoms with Crippen molar-refractivity contribution in [2.45, 2.75) is 114 Å². The first-order valence-electron chi connectivity index (χ1n) is 11.9. The number of fused-ring (bicyclic) bond motifs is 2. The molecule has 6 rings (SSSR count). The minimum atomic E-state index is -0.463. The van der Waals surface area contributed by atoms with Crippen LogP contribution in [0.4, 0.5) is 0 Å². The highest BCUT2D eigenvalue weighted by Crippen LogP contribution is 2.48. The summed E-state index contributed by atoms with van der Waals surface area (Å²) in [4.78, 5) is 11.2. The summed E-state index contributed by atoms with van der Waals surface area (Å²) < 4.78 is 23.5. The average Bonchev–Trinajstić information content (AvgIpc) is 3.49. The predicted molar refractivity (Wildman–Crippen MR) is 132 cm³/mol. The first-order valence-corrected chi connectivity index (χ1v) is 13.5. The van der Waals surface area contributed by atoms with Gasteiger partial charge >= 0.3 is 0 Å². The summed E-state index contributed by atoms with van der Waals surface area (Å²) in [5.74, 6) is -0.926. The van der Waals surface area contributed by atoms with Crippen molar-refractivity contribution in [3.8, 4) is 0 Å². The Hall–Kier alpha value is -0.980. The molecule has 2 saturated heterocycles. The summed E-state index contributed by atoms with van der Waals surface area (Å²) in [6, 6.07) is 0. The van der Waals surface area contributed by atoms with Crippen molar-refractivity contribution in [2.75, 3.05) is 0 Å². The van der Waals surface area contributed by atoms with E-state index in [1.54, 1.807) is 22.7 Å². The van der Waals surface area contributed by atoms with Crippen LogP contribution in [0.5, 0.6) is 0 Å². The molecule has 4 fully saturated rings. The highest BCUT2D eigenvalue weighted by molar-refractivity contribution is 7.12. The van der Waals surface area contributed by atoms with Crippen LogP contribution in [0.25, 0.3) is 0 Å². The van der Waals surface area contributed by atoms with Gasteiger partial charge in [0.2, 0.25) is 0 Å². The minimum Gasteiger partial charge on any atom is -0.344 e. The topological polar surface area (TPSA) is 115 Å². The summed E-state index contributed by atoms with van der Waals surface area (Å²) in [7, 11) is 0. The Labute approximate surface area is 209 Å². The fraction of sp³-hybridized carbons (Fsp3) is 0.750. The second kappa shape index (κ2) is 8.27. The third-order valence-electron chi connectivity index (χ3n) is 6.93. The quantitative estimate of drug-likeness (QED) is 0.629. The van der Waals surface area contributed by atoms with Crippen molar-refractivity contribution in [2.24, 2.45) is 11.5 Å². The van der Waals surface area contributed by atoms with Crippen LogP contribution in [0.1, 0.15) is 73.1 Å². The molecule has 188 valence electrons. The molecular weight excluding hydrogens is 472 g/mol. The number of rotatable bonds is 2. The minimum absolute atomic E-state index is 0.110. The molecule has 34 heavy (non-hydrogen) atoms. The lowest BCUT2D eigenvalue weighted by Gasteiger charge is -2.25. The molecule has 2 unspecified atom stereocenters. The van der Waals surface area contributed by atoms with Crippen LogP contribution in [0.2, 0.25) is 0 Å². The molecular formula is C24H36N4O4S2. The second-order valence-electron chi connectivity index (χ2n) is 11.1. The molecule has 8 nitrogen and oxygen atoms in total. The number of hydrogen-bond donors (Lipinski definition) is 2. The predicted octanol–water partition coefficient (Wildman–Crippen LogP) is 3.84. The molecule has 0 aromatic carbocycles. The van der Waals surface area contributed by atoms with E-state index < -0.39 is 11.6 Å². The maximum Gasteiger partial charge on any atom is 0.163 e. The maximum atomic E-state index is 6.46. The van der Waals surface area contributed by atoms with Gasteiger partial charge in [0.15, 0.2) is 11.6 Å². The van der Waals surface area contributed by atoms with Crippen molar-refractivity contribution in [1.29, 1.82) is 0 Å². The highest BCUT2D eigenvalue weighted by atomic mass is 32.1. The van der Waals surface area contributed by atoms with E-state index in [1.807, 2.05) is 40.1 Å². The van der Waals surface area contributed by atoms with Gasteiger partial charge in [0.25, 0.3) is 0 Å². The van der Waals surface area contributed by atoms with Gasteiger partial charge in [0.1, 0.15) is 10.0 Å². The first kappa shape index (κ1) is 24.7. The van der Waals surface area contributed by atoms with E-state index in [0.29, 0.717) is 0 Å². The van der Waals surface area contributed by atoms with Gasteiger partial charge in [-0.25, -0.2) is 9.97 Å². The van der Waals surface area contributed by atoms with E-state index in [1.165, 1.54) is 9.75 Å². The maximum absolute atomic E-state index is 6.46. The van der Waals surface area contributed by atoms with Gasteiger partial charge in [-0.15, -0.1) is 22.7 Å². The fourth-order valence-corrected chi connectivity index (χ4v) is 7.40.